The molecule has 0 bridgehead atoms. The van der Waals surface area contributed by atoms with Crippen molar-refractivity contribution in [3.05, 3.63) is 88.3 Å². The Bertz CT molecular complexity index is 1720. The summed E-state index contributed by atoms with van der Waals surface area (Å²) >= 11 is 5.91. The van der Waals surface area contributed by atoms with E-state index in [1.54, 1.807) is 0 Å². The molecule has 2 aromatic carbocycles. The molecule has 0 radical (unpaired) electrons. The number of halogens is 8. The van der Waals surface area contributed by atoms with Crippen LogP contribution in [0.15, 0.2) is 75.9 Å². The smallest absolute Gasteiger partial charge is 0.390 e. The number of pyridine rings is 1. The van der Waals surface area contributed by atoms with E-state index in [4.69, 9.17) is 16.4 Å². The highest BCUT2D eigenvalue weighted by Gasteiger charge is 2.34. The Labute approximate surface area is 261 Å². The SMILES string of the molecule is O=C(N/N=C\c1ccc(C(F)(F)F)cc1)C1=NOC(CN(CCNc2ncc(C(F)(F)F)cc2Cl)S(=O)(=O)c2ccc(F)cc2)C1. The van der Waals surface area contributed by atoms with Gasteiger partial charge in [0.2, 0.25) is 10.0 Å². The van der Waals surface area contributed by atoms with Gasteiger partial charge in [-0.1, -0.05) is 28.9 Å². The Balaban J connectivity index is 1.39. The molecule has 46 heavy (non-hydrogen) atoms. The molecular formula is C27H22ClF7N6O4S. The number of rotatable bonds is 11. The van der Waals surface area contributed by atoms with Crippen LogP contribution < -0.4 is 10.7 Å². The topological polar surface area (TPSA) is 125 Å². The number of carbonyl (C=O) groups excluding carboxylic acids is 1. The van der Waals surface area contributed by atoms with Gasteiger partial charge < -0.3 is 10.2 Å². The number of alkyl halides is 6. The number of hydrazone groups is 1. The van der Waals surface area contributed by atoms with Gasteiger partial charge in [-0.05, 0) is 48.0 Å². The van der Waals surface area contributed by atoms with Gasteiger partial charge in [-0.2, -0.15) is 35.7 Å². The summed E-state index contributed by atoms with van der Waals surface area (Å²) < 4.78 is 118. The maximum atomic E-state index is 13.5. The number of carbonyl (C=O) groups is 1. The van der Waals surface area contributed by atoms with E-state index in [0.29, 0.717) is 12.3 Å². The number of nitrogens with zero attached hydrogens (tertiary/aromatic N) is 4. The zero-order valence-corrected chi connectivity index (χ0v) is 24.7. The Morgan fingerprint density at radius 2 is 1.70 bits per heavy atom. The molecule has 2 heterocycles. The zero-order valence-electron chi connectivity index (χ0n) is 23.1. The van der Waals surface area contributed by atoms with Crippen LogP contribution in [0.25, 0.3) is 0 Å². The third kappa shape index (κ3) is 8.91. The second-order valence-electron chi connectivity index (χ2n) is 9.58. The van der Waals surface area contributed by atoms with Crippen LogP contribution >= 0.6 is 11.6 Å². The fraction of sp³-hybridized carbons (Fsp3) is 0.259. The number of hydrogen-bond acceptors (Lipinski definition) is 8. The highest BCUT2D eigenvalue weighted by molar-refractivity contribution is 7.89. The summed E-state index contributed by atoms with van der Waals surface area (Å²) in [7, 11) is -4.29. The molecule has 1 aliphatic heterocycles. The van der Waals surface area contributed by atoms with Crippen LogP contribution in [0.3, 0.4) is 0 Å². The lowest BCUT2D eigenvalue weighted by Crippen LogP contribution is -2.41. The van der Waals surface area contributed by atoms with Crippen molar-refractivity contribution < 1.29 is 48.8 Å². The van der Waals surface area contributed by atoms with Crippen molar-refractivity contribution in [1.29, 1.82) is 0 Å². The van der Waals surface area contributed by atoms with Crippen molar-refractivity contribution >= 4 is 45.3 Å². The molecule has 0 fully saturated rings. The van der Waals surface area contributed by atoms with E-state index in [9.17, 15) is 43.9 Å². The summed E-state index contributed by atoms with van der Waals surface area (Å²) in [6.45, 7) is -0.833. The van der Waals surface area contributed by atoms with Gasteiger partial charge in [0, 0.05) is 25.7 Å². The molecule has 4 rings (SSSR count). The van der Waals surface area contributed by atoms with Gasteiger partial charge in [0.25, 0.3) is 5.91 Å². The van der Waals surface area contributed by atoms with Gasteiger partial charge in [-0.3, -0.25) is 4.79 Å². The quantitative estimate of drug-likeness (QED) is 0.159. The normalized spacial score (nSPS) is 15.6. The highest BCUT2D eigenvalue weighted by atomic mass is 35.5. The molecule has 10 nitrogen and oxygen atoms in total. The van der Waals surface area contributed by atoms with Gasteiger partial charge in [-0.25, -0.2) is 23.2 Å². The highest BCUT2D eigenvalue weighted by Crippen LogP contribution is 2.32. The average Bonchev–Trinajstić information content (AvgIpc) is 3.46. The first kappa shape index (κ1) is 34.6. The van der Waals surface area contributed by atoms with Gasteiger partial charge in [0.05, 0.1) is 33.8 Å². The number of nitrogens with one attached hydrogen (secondary N) is 2. The maximum Gasteiger partial charge on any atom is 0.417 e. The lowest BCUT2D eigenvalue weighted by Gasteiger charge is -2.24. The van der Waals surface area contributed by atoms with E-state index >= 15 is 0 Å². The summed E-state index contributed by atoms with van der Waals surface area (Å²) in [4.78, 5) is 21.1. The predicted octanol–water partition coefficient (Wildman–Crippen LogP) is 5.31. The van der Waals surface area contributed by atoms with Gasteiger partial charge >= 0.3 is 12.4 Å². The molecule has 0 aliphatic carbocycles. The third-order valence-electron chi connectivity index (χ3n) is 6.29. The van der Waals surface area contributed by atoms with Gasteiger partial charge in [0.1, 0.15) is 23.5 Å². The number of benzene rings is 2. The van der Waals surface area contributed by atoms with Crippen LogP contribution in [0.5, 0.6) is 0 Å². The first-order chi connectivity index (χ1) is 21.5. The van der Waals surface area contributed by atoms with Gasteiger partial charge in [0.15, 0.2) is 0 Å². The van der Waals surface area contributed by atoms with E-state index in [-0.39, 0.29) is 53.1 Å². The van der Waals surface area contributed by atoms with Crippen molar-refractivity contribution in [1.82, 2.24) is 14.7 Å². The van der Waals surface area contributed by atoms with Gasteiger partial charge in [-0.15, -0.1) is 0 Å². The van der Waals surface area contributed by atoms with Crippen molar-refractivity contribution in [2.24, 2.45) is 10.3 Å². The van der Waals surface area contributed by atoms with Crippen molar-refractivity contribution in [3.8, 4) is 0 Å². The second kappa shape index (κ2) is 14.0. The summed E-state index contributed by atoms with van der Waals surface area (Å²) in [6, 6.07) is 8.62. The summed E-state index contributed by atoms with van der Waals surface area (Å²) in [6.07, 6.45) is -8.66. The molecule has 246 valence electrons. The first-order valence-corrected chi connectivity index (χ1v) is 14.8. The van der Waals surface area contributed by atoms with Crippen molar-refractivity contribution in [3.63, 3.8) is 0 Å². The summed E-state index contributed by atoms with van der Waals surface area (Å²) in [5, 5.41) is 9.66. The Kier molecular flexibility index (Phi) is 10.5. The second-order valence-corrected chi connectivity index (χ2v) is 11.9. The molecule has 1 aliphatic rings. The molecule has 1 unspecified atom stereocenters. The van der Waals surface area contributed by atoms with E-state index < -0.39 is 51.3 Å². The lowest BCUT2D eigenvalue weighted by molar-refractivity contribution is -0.138. The number of sulfonamides is 1. The molecular weight excluding hydrogens is 673 g/mol. The van der Waals surface area contributed by atoms with E-state index in [2.05, 4.69) is 26.0 Å². The number of oxime groups is 1. The van der Waals surface area contributed by atoms with E-state index in [1.165, 1.54) is 0 Å². The first-order valence-electron chi connectivity index (χ1n) is 13.0. The number of anilines is 1. The standard InChI is InChI=1S/C27H22ClF7N6O4S/c28-22-11-18(27(33,34)35)14-37-24(22)36-9-10-41(46(43,44)21-7-5-19(29)6-8-21)15-20-12-23(40-45-20)25(42)39-38-13-16-1-3-17(4-2-16)26(30,31)32/h1-8,11,13-14,20H,9-10,12,15H2,(H,36,37)(H,39,42)/b38-13-. The summed E-state index contributed by atoms with van der Waals surface area (Å²) in [5.41, 5.74) is 0.323. The molecule has 3 aromatic rings. The molecule has 1 amide bonds. The number of amides is 1. The largest absolute Gasteiger partial charge is 0.417 e. The molecule has 0 saturated heterocycles. The minimum Gasteiger partial charge on any atom is -0.390 e. The molecule has 1 aromatic heterocycles. The van der Waals surface area contributed by atoms with Crippen LogP contribution in [0.4, 0.5) is 36.6 Å². The fourth-order valence-electron chi connectivity index (χ4n) is 3.96. The van der Waals surface area contributed by atoms with Crippen molar-refractivity contribution in [2.45, 2.75) is 29.8 Å². The van der Waals surface area contributed by atoms with Crippen LogP contribution in [-0.2, 0) is 32.0 Å². The Morgan fingerprint density at radius 1 is 1.04 bits per heavy atom. The Hall–Kier alpha value is -4.29. The fourth-order valence-corrected chi connectivity index (χ4v) is 5.67. The van der Waals surface area contributed by atoms with Crippen LogP contribution in [0.1, 0.15) is 23.1 Å². The van der Waals surface area contributed by atoms with Crippen LogP contribution in [-0.4, -0.2) is 61.3 Å². The lowest BCUT2D eigenvalue weighted by atomic mass is 10.1. The molecule has 2 N–H and O–H groups in total. The van der Waals surface area contributed by atoms with Crippen LogP contribution in [0, 0.1) is 5.82 Å². The molecule has 0 spiro atoms. The van der Waals surface area contributed by atoms with Crippen LogP contribution in [0.2, 0.25) is 5.02 Å². The average molecular weight is 695 g/mol. The van der Waals surface area contributed by atoms with E-state index in [1.807, 2.05) is 0 Å². The molecule has 0 saturated carbocycles. The monoisotopic (exact) mass is 694 g/mol. The minimum absolute atomic E-state index is 0.134. The third-order valence-corrected chi connectivity index (χ3v) is 8.46. The molecule has 19 heteroatoms. The minimum atomic E-state index is -4.67. The number of hydrogen-bond donors (Lipinski definition) is 2. The number of aromatic nitrogens is 1. The predicted molar refractivity (Wildman–Crippen MR) is 152 cm³/mol. The Morgan fingerprint density at radius 3 is 2.30 bits per heavy atom. The zero-order chi connectivity index (χ0) is 33.7. The van der Waals surface area contributed by atoms with E-state index in [0.717, 1.165) is 59.1 Å². The maximum absolute atomic E-state index is 13.5. The summed E-state index contributed by atoms with van der Waals surface area (Å²) in [5.74, 6) is -1.63. The van der Waals surface area contributed by atoms with Crippen molar-refractivity contribution in [2.75, 3.05) is 25.0 Å². The molecule has 1 atom stereocenters.